The number of amides is 1. The molecule has 3 aromatic rings. The van der Waals surface area contributed by atoms with Crippen LogP contribution in [0.1, 0.15) is 61.0 Å². The molecule has 4 rings (SSSR count). The lowest BCUT2D eigenvalue weighted by Crippen LogP contribution is -2.31. The van der Waals surface area contributed by atoms with Crippen LogP contribution < -0.4 is 5.32 Å². The van der Waals surface area contributed by atoms with E-state index in [0.717, 1.165) is 66.5 Å². The van der Waals surface area contributed by atoms with Crippen LogP contribution in [-0.2, 0) is 11.2 Å². The number of carbonyl (C=O) groups excluding carboxylic acids is 1. The molecule has 0 radical (unpaired) electrons. The van der Waals surface area contributed by atoms with E-state index >= 15 is 0 Å². The van der Waals surface area contributed by atoms with E-state index in [0.29, 0.717) is 24.7 Å². The summed E-state index contributed by atoms with van der Waals surface area (Å²) in [6, 6.07) is 3.72. The molecule has 0 aliphatic heterocycles. The maximum Gasteiger partial charge on any atom is 0.220 e. The van der Waals surface area contributed by atoms with E-state index in [-0.39, 0.29) is 5.91 Å². The van der Waals surface area contributed by atoms with E-state index in [1.807, 2.05) is 26.1 Å². The minimum absolute atomic E-state index is 0.0583. The highest BCUT2D eigenvalue weighted by atomic mass is 16.5. The second kappa shape index (κ2) is 9.19. The first-order valence-electron chi connectivity index (χ1n) is 10.5. The summed E-state index contributed by atoms with van der Waals surface area (Å²) in [5, 5.41) is 10.7. The number of hydrogen-bond donors (Lipinski definition) is 1. The second-order valence-electron chi connectivity index (χ2n) is 8.05. The van der Waals surface area contributed by atoms with Gasteiger partial charge in [-0.1, -0.05) is 10.3 Å². The fraction of sp³-hybridized carbons (Fsp3) is 0.500. The maximum absolute atomic E-state index is 12.1. The van der Waals surface area contributed by atoms with Gasteiger partial charge in [-0.25, -0.2) is 9.97 Å². The van der Waals surface area contributed by atoms with Gasteiger partial charge in [0.2, 0.25) is 5.91 Å². The van der Waals surface area contributed by atoms with E-state index in [9.17, 15) is 4.79 Å². The number of hydrogen-bond acceptors (Lipinski definition) is 7. The van der Waals surface area contributed by atoms with Gasteiger partial charge in [-0.3, -0.25) is 4.79 Å². The Bertz CT molecular complexity index is 975. The Morgan fingerprint density at radius 1 is 1.20 bits per heavy atom. The summed E-state index contributed by atoms with van der Waals surface area (Å²) in [7, 11) is 0. The molecule has 0 bridgehead atoms. The number of nitrogens with zero attached hydrogens (tertiary/aromatic N) is 4. The Kier molecular flexibility index (Phi) is 6.21. The summed E-state index contributed by atoms with van der Waals surface area (Å²) in [5.41, 5.74) is 2.83. The standard InChI is InChI=1S/C22H27N5O3/c1-14-11-20(30-27-14)19-13-23-15(2)26-22(19)17-5-3-16(4-6-17)12-24-21(28)8-7-18-9-10-25-29-18/h9-11,13,16-17H,3-8,12H2,1-2H3,(H,24,28). The van der Waals surface area contributed by atoms with E-state index in [1.54, 1.807) is 12.3 Å². The molecule has 30 heavy (non-hydrogen) atoms. The van der Waals surface area contributed by atoms with Crippen LogP contribution in [0.3, 0.4) is 0 Å². The number of aromatic nitrogens is 4. The lowest BCUT2D eigenvalue weighted by Gasteiger charge is -2.29. The monoisotopic (exact) mass is 409 g/mol. The second-order valence-corrected chi connectivity index (χ2v) is 8.05. The summed E-state index contributed by atoms with van der Waals surface area (Å²) in [4.78, 5) is 21.2. The molecule has 3 aromatic heterocycles. The van der Waals surface area contributed by atoms with Crippen LogP contribution in [0.5, 0.6) is 0 Å². The Morgan fingerprint density at radius 2 is 2.03 bits per heavy atom. The van der Waals surface area contributed by atoms with Gasteiger partial charge in [0.15, 0.2) is 5.76 Å². The molecule has 1 amide bonds. The van der Waals surface area contributed by atoms with Crippen LogP contribution in [0, 0.1) is 19.8 Å². The van der Waals surface area contributed by atoms with Crippen LogP contribution in [0.2, 0.25) is 0 Å². The van der Waals surface area contributed by atoms with Crippen LogP contribution in [0.4, 0.5) is 0 Å². The number of aryl methyl sites for hydroxylation is 3. The van der Waals surface area contributed by atoms with E-state index in [2.05, 4.69) is 20.6 Å². The van der Waals surface area contributed by atoms with Gasteiger partial charge in [-0.15, -0.1) is 0 Å². The minimum Gasteiger partial charge on any atom is -0.361 e. The van der Waals surface area contributed by atoms with Crippen LogP contribution in [0.15, 0.2) is 33.6 Å². The average molecular weight is 409 g/mol. The SMILES string of the molecule is Cc1cc(-c2cnc(C)nc2C2CCC(CNC(=O)CCc3ccno3)CC2)on1. The van der Waals surface area contributed by atoms with Gasteiger partial charge in [-0.05, 0) is 45.4 Å². The molecule has 0 unspecified atom stereocenters. The number of nitrogens with one attached hydrogen (secondary N) is 1. The van der Waals surface area contributed by atoms with Crippen molar-refractivity contribution in [2.24, 2.45) is 5.92 Å². The van der Waals surface area contributed by atoms with E-state index in [4.69, 9.17) is 14.0 Å². The zero-order valence-electron chi connectivity index (χ0n) is 17.4. The van der Waals surface area contributed by atoms with Gasteiger partial charge >= 0.3 is 0 Å². The first-order chi connectivity index (χ1) is 14.6. The van der Waals surface area contributed by atoms with Gasteiger partial charge in [0.1, 0.15) is 11.6 Å². The largest absolute Gasteiger partial charge is 0.361 e. The molecular formula is C22H27N5O3. The average Bonchev–Trinajstić information content (AvgIpc) is 3.43. The quantitative estimate of drug-likeness (QED) is 0.633. The van der Waals surface area contributed by atoms with Crippen LogP contribution >= 0.6 is 0 Å². The molecule has 8 nitrogen and oxygen atoms in total. The lowest BCUT2D eigenvalue weighted by atomic mass is 9.79. The van der Waals surface area contributed by atoms with Gasteiger partial charge in [0, 0.05) is 43.6 Å². The van der Waals surface area contributed by atoms with Crippen molar-refractivity contribution in [2.75, 3.05) is 6.54 Å². The lowest BCUT2D eigenvalue weighted by molar-refractivity contribution is -0.121. The molecule has 158 valence electrons. The normalized spacial score (nSPS) is 19.0. The molecule has 0 atom stereocenters. The van der Waals surface area contributed by atoms with Crippen molar-refractivity contribution in [1.82, 2.24) is 25.6 Å². The Hall–Kier alpha value is -3.03. The molecular weight excluding hydrogens is 382 g/mol. The number of carbonyl (C=O) groups is 1. The van der Waals surface area contributed by atoms with Gasteiger partial charge in [0.25, 0.3) is 0 Å². The molecule has 1 aliphatic rings. The first kappa shape index (κ1) is 20.3. The fourth-order valence-corrected chi connectivity index (χ4v) is 4.07. The van der Waals surface area contributed by atoms with Gasteiger partial charge in [0.05, 0.1) is 23.1 Å². The van der Waals surface area contributed by atoms with Crippen molar-refractivity contribution in [3.05, 3.63) is 47.5 Å². The highest BCUT2D eigenvalue weighted by Crippen LogP contribution is 2.38. The van der Waals surface area contributed by atoms with Crippen molar-refractivity contribution in [3.63, 3.8) is 0 Å². The molecule has 0 aromatic carbocycles. The third-order valence-electron chi connectivity index (χ3n) is 5.74. The summed E-state index contributed by atoms with van der Waals surface area (Å²) in [6.07, 6.45) is 8.64. The van der Waals surface area contributed by atoms with Crippen molar-refractivity contribution in [1.29, 1.82) is 0 Å². The molecule has 1 N–H and O–H groups in total. The third kappa shape index (κ3) is 4.93. The van der Waals surface area contributed by atoms with Crippen molar-refractivity contribution >= 4 is 5.91 Å². The highest BCUT2D eigenvalue weighted by molar-refractivity contribution is 5.76. The van der Waals surface area contributed by atoms with Crippen molar-refractivity contribution < 1.29 is 13.8 Å². The maximum atomic E-state index is 12.1. The van der Waals surface area contributed by atoms with Gasteiger partial charge < -0.3 is 14.4 Å². The summed E-state index contributed by atoms with van der Waals surface area (Å²) in [6.45, 7) is 4.55. The predicted octanol–water partition coefficient (Wildman–Crippen LogP) is 3.76. The molecule has 0 saturated heterocycles. The molecule has 1 fully saturated rings. The van der Waals surface area contributed by atoms with E-state index < -0.39 is 0 Å². The van der Waals surface area contributed by atoms with Crippen molar-refractivity contribution in [2.45, 2.75) is 58.3 Å². The third-order valence-corrected chi connectivity index (χ3v) is 5.74. The highest BCUT2D eigenvalue weighted by Gasteiger charge is 2.27. The molecule has 0 spiro atoms. The summed E-state index contributed by atoms with van der Waals surface area (Å²) in [5.74, 6) is 3.15. The zero-order chi connectivity index (χ0) is 20.9. The smallest absolute Gasteiger partial charge is 0.220 e. The zero-order valence-corrected chi connectivity index (χ0v) is 17.4. The Labute approximate surface area is 175 Å². The predicted molar refractivity (Wildman–Crippen MR) is 110 cm³/mol. The van der Waals surface area contributed by atoms with Crippen LogP contribution in [0.25, 0.3) is 11.3 Å². The minimum atomic E-state index is 0.0583. The summed E-state index contributed by atoms with van der Waals surface area (Å²) < 4.78 is 10.5. The Morgan fingerprint density at radius 3 is 2.73 bits per heavy atom. The molecule has 1 aliphatic carbocycles. The van der Waals surface area contributed by atoms with Crippen molar-refractivity contribution in [3.8, 4) is 11.3 Å². The molecule has 1 saturated carbocycles. The summed E-state index contributed by atoms with van der Waals surface area (Å²) >= 11 is 0. The van der Waals surface area contributed by atoms with E-state index in [1.165, 1.54) is 0 Å². The van der Waals surface area contributed by atoms with Gasteiger partial charge in [-0.2, -0.15) is 0 Å². The number of rotatable bonds is 7. The Balaban J connectivity index is 1.30. The first-order valence-corrected chi connectivity index (χ1v) is 10.5. The fourth-order valence-electron chi connectivity index (χ4n) is 4.07. The topological polar surface area (TPSA) is 107 Å². The molecule has 3 heterocycles. The van der Waals surface area contributed by atoms with Crippen LogP contribution in [-0.4, -0.2) is 32.7 Å². The molecule has 8 heteroatoms.